The highest BCUT2D eigenvalue weighted by molar-refractivity contribution is 6.30. The second-order valence-electron chi connectivity index (χ2n) is 7.08. The lowest BCUT2D eigenvalue weighted by molar-refractivity contribution is -0.132. The highest BCUT2D eigenvalue weighted by atomic mass is 35.5. The van der Waals surface area contributed by atoms with Crippen molar-refractivity contribution < 1.29 is 4.79 Å². The molecule has 0 spiro atoms. The molecule has 3 aliphatic rings. The van der Waals surface area contributed by atoms with Gasteiger partial charge >= 0.3 is 0 Å². The number of carbonyl (C=O) groups is 1. The normalized spacial score (nSPS) is 34.1. The first-order valence-electron chi connectivity index (χ1n) is 8.47. The fourth-order valence-electron chi connectivity index (χ4n) is 4.25. The van der Waals surface area contributed by atoms with Gasteiger partial charge in [-0.15, -0.1) is 0 Å². The summed E-state index contributed by atoms with van der Waals surface area (Å²) < 4.78 is 0. The Kier molecular flexibility index (Phi) is 3.87. The van der Waals surface area contributed by atoms with Gasteiger partial charge in [-0.2, -0.15) is 0 Å². The molecule has 0 aromatic heterocycles. The predicted octanol–water partition coefficient (Wildman–Crippen LogP) is 2.90. The fraction of sp³-hybridized carbons (Fsp3) is 0.611. The zero-order chi connectivity index (χ0) is 15.1. The third-order valence-corrected chi connectivity index (χ3v) is 5.95. The van der Waals surface area contributed by atoms with E-state index in [4.69, 9.17) is 11.6 Å². The predicted molar refractivity (Wildman–Crippen MR) is 88.0 cm³/mol. The standard InChI is InChI=1S/C18H23ClN2O/c19-15-3-1-2-12(8-15)16-9-17(16)18(22)21-6-4-13-10-20-11-14(13)5-7-21/h1-3,8,13-14,16-17,20H,4-7,9-11H2/t13-,14+,16?,17?. The molecule has 4 atom stereocenters. The van der Waals surface area contributed by atoms with Gasteiger partial charge in [-0.05, 0) is 67.8 Å². The molecule has 22 heavy (non-hydrogen) atoms. The van der Waals surface area contributed by atoms with E-state index >= 15 is 0 Å². The molecule has 1 saturated carbocycles. The van der Waals surface area contributed by atoms with Crippen LogP contribution in [0.25, 0.3) is 0 Å². The highest BCUT2D eigenvalue weighted by Gasteiger charge is 2.46. The maximum absolute atomic E-state index is 12.8. The number of hydrogen-bond acceptors (Lipinski definition) is 2. The Morgan fingerprint density at radius 2 is 1.91 bits per heavy atom. The molecule has 2 saturated heterocycles. The molecule has 2 aliphatic heterocycles. The molecule has 2 unspecified atom stereocenters. The lowest BCUT2D eigenvalue weighted by Gasteiger charge is -2.21. The zero-order valence-electron chi connectivity index (χ0n) is 12.8. The molecule has 0 bridgehead atoms. The van der Waals surface area contributed by atoms with Crippen LogP contribution in [-0.4, -0.2) is 37.0 Å². The SMILES string of the molecule is O=C(C1CC1c1cccc(Cl)c1)N1CC[C@@H]2CNC[C@@H]2CC1. The smallest absolute Gasteiger partial charge is 0.226 e. The van der Waals surface area contributed by atoms with Crippen molar-refractivity contribution in [2.75, 3.05) is 26.2 Å². The topological polar surface area (TPSA) is 32.3 Å². The van der Waals surface area contributed by atoms with E-state index in [2.05, 4.69) is 16.3 Å². The Hall–Kier alpha value is -1.06. The number of nitrogens with zero attached hydrogens (tertiary/aromatic N) is 1. The molecule has 4 rings (SSSR count). The van der Waals surface area contributed by atoms with Crippen LogP contribution in [-0.2, 0) is 4.79 Å². The third kappa shape index (κ3) is 2.77. The van der Waals surface area contributed by atoms with Gasteiger partial charge in [-0.3, -0.25) is 4.79 Å². The summed E-state index contributed by atoms with van der Waals surface area (Å²) in [6.45, 7) is 4.17. The van der Waals surface area contributed by atoms with Crippen LogP contribution in [0.3, 0.4) is 0 Å². The van der Waals surface area contributed by atoms with Crippen LogP contribution < -0.4 is 5.32 Å². The number of halogens is 1. The molecule has 2 heterocycles. The largest absolute Gasteiger partial charge is 0.342 e. The van der Waals surface area contributed by atoms with Crippen LogP contribution in [0.15, 0.2) is 24.3 Å². The van der Waals surface area contributed by atoms with E-state index in [-0.39, 0.29) is 5.92 Å². The molecule has 3 nitrogen and oxygen atoms in total. The van der Waals surface area contributed by atoms with Gasteiger partial charge in [-0.1, -0.05) is 23.7 Å². The molecule has 3 fully saturated rings. The van der Waals surface area contributed by atoms with Crippen LogP contribution in [0.2, 0.25) is 5.02 Å². The van der Waals surface area contributed by atoms with Crippen molar-refractivity contribution in [2.24, 2.45) is 17.8 Å². The van der Waals surface area contributed by atoms with Crippen molar-refractivity contribution in [1.29, 1.82) is 0 Å². The lowest BCUT2D eigenvalue weighted by atomic mass is 9.92. The van der Waals surface area contributed by atoms with Gasteiger partial charge in [-0.25, -0.2) is 0 Å². The summed E-state index contributed by atoms with van der Waals surface area (Å²) in [6, 6.07) is 7.99. The molecule has 1 aliphatic carbocycles. The molecule has 0 radical (unpaired) electrons. The number of fused-ring (bicyclic) bond motifs is 1. The molecule has 4 heteroatoms. The van der Waals surface area contributed by atoms with E-state index in [1.165, 1.54) is 5.56 Å². The quantitative estimate of drug-likeness (QED) is 0.909. The van der Waals surface area contributed by atoms with E-state index in [0.29, 0.717) is 11.8 Å². The van der Waals surface area contributed by atoms with Crippen LogP contribution in [0, 0.1) is 17.8 Å². The molecular weight excluding hydrogens is 296 g/mol. The number of amides is 1. The lowest BCUT2D eigenvalue weighted by Crippen LogP contribution is -2.34. The van der Waals surface area contributed by atoms with Gasteiger partial charge in [0.25, 0.3) is 0 Å². The summed E-state index contributed by atoms with van der Waals surface area (Å²) in [5.74, 6) is 2.50. The number of hydrogen-bond donors (Lipinski definition) is 1. The van der Waals surface area contributed by atoms with Crippen LogP contribution >= 0.6 is 11.6 Å². The minimum Gasteiger partial charge on any atom is -0.342 e. The Bertz CT molecular complexity index is 562. The Labute approximate surface area is 137 Å². The van der Waals surface area contributed by atoms with Gasteiger partial charge in [0.1, 0.15) is 0 Å². The van der Waals surface area contributed by atoms with Crippen LogP contribution in [0.4, 0.5) is 0 Å². The van der Waals surface area contributed by atoms with Gasteiger partial charge in [0.15, 0.2) is 0 Å². The van der Waals surface area contributed by atoms with Gasteiger partial charge in [0, 0.05) is 24.0 Å². The number of nitrogens with one attached hydrogen (secondary N) is 1. The first-order valence-corrected chi connectivity index (χ1v) is 8.85. The van der Waals surface area contributed by atoms with Gasteiger partial charge in [0.2, 0.25) is 5.91 Å². The molecule has 1 aromatic carbocycles. The van der Waals surface area contributed by atoms with Gasteiger partial charge < -0.3 is 10.2 Å². The molecule has 118 valence electrons. The van der Waals surface area contributed by atoms with E-state index in [1.54, 1.807) is 0 Å². The highest BCUT2D eigenvalue weighted by Crippen LogP contribution is 2.49. The van der Waals surface area contributed by atoms with Crippen molar-refractivity contribution in [3.05, 3.63) is 34.9 Å². The Morgan fingerprint density at radius 3 is 2.59 bits per heavy atom. The van der Waals surface area contributed by atoms with E-state index in [0.717, 1.165) is 62.3 Å². The molecular formula is C18H23ClN2O. The number of rotatable bonds is 2. The summed E-state index contributed by atoms with van der Waals surface area (Å²) in [6.07, 6.45) is 3.32. The van der Waals surface area contributed by atoms with Crippen molar-refractivity contribution in [3.63, 3.8) is 0 Å². The monoisotopic (exact) mass is 318 g/mol. The molecule has 1 aromatic rings. The van der Waals surface area contributed by atoms with Gasteiger partial charge in [0.05, 0.1) is 0 Å². The first kappa shape index (κ1) is 14.5. The summed E-state index contributed by atoms with van der Waals surface area (Å²) in [7, 11) is 0. The number of benzene rings is 1. The van der Waals surface area contributed by atoms with Crippen molar-refractivity contribution in [3.8, 4) is 0 Å². The van der Waals surface area contributed by atoms with Crippen molar-refractivity contribution in [1.82, 2.24) is 10.2 Å². The minimum atomic E-state index is 0.189. The van der Waals surface area contributed by atoms with E-state index in [9.17, 15) is 4.79 Å². The second kappa shape index (κ2) is 5.86. The van der Waals surface area contributed by atoms with E-state index < -0.39 is 0 Å². The Balaban J connectivity index is 1.39. The third-order valence-electron chi connectivity index (χ3n) is 5.72. The second-order valence-corrected chi connectivity index (χ2v) is 7.52. The molecule has 1 N–H and O–H groups in total. The summed E-state index contributed by atoms with van der Waals surface area (Å²) in [4.78, 5) is 14.9. The summed E-state index contributed by atoms with van der Waals surface area (Å²) in [5.41, 5.74) is 1.22. The average Bonchev–Trinajstić information content (AvgIpc) is 3.25. The average molecular weight is 319 g/mol. The van der Waals surface area contributed by atoms with E-state index in [1.807, 2.05) is 18.2 Å². The zero-order valence-corrected chi connectivity index (χ0v) is 13.6. The molecule has 1 amide bonds. The van der Waals surface area contributed by atoms with Crippen molar-refractivity contribution in [2.45, 2.75) is 25.2 Å². The maximum atomic E-state index is 12.8. The number of carbonyl (C=O) groups excluding carboxylic acids is 1. The fourth-order valence-corrected chi connectivity index (χ4v) is 4.45. The Morgan fingerprint density at radius 1 is 1.18 bits per heavy atom. The first-order chi connectivity index (χ1) is 10.7. The maximum Gasteiger partial charge on any atom is 0.226 e. The minimum absolute atomic E-state index is 0.189. The summed E-state index contributed by atoms with van der Waals surface area (Å²) in [5, 5.41) is 4.26. The van der Waals surface area contributed by atoms with Crippen LogP contribution in [0.5, 0.6) is 0 Å². The van der Waals surface area contributed by atoms with Crippen molar-refractivity contribution >= 4 is 17.5 Å². The number of likely N-dealkylation sites (tertiary alicyclic amines) is 1. The van der Waals surface area contributed by atoms with Crippen LogP contribution in [0.1, 0.15) is 30.7 Å². The summed E-state index contributed by atoms with van der Waals surface area (Å²) >= 11 is 6.07.